The molecule has 1 aliphatic carbocycles. The third-order valence-electron chi connectivity index (χ3n) is 4.56. The summed E-state index contributed by atoms with van der Waals surface area (Å²) in [6.45, 7) is 6.61. The fourth-order valence-electron chi connectivity index (χ4n) is 2.79. The summed E-state index contributed by atoms with van der Waals surface area (Å²) in [6, 6.07) is -0.254. The highest BCUT2D eigenvalue weighted by Crippen LogP contribution is 2.33. The molecular weight excluding hydrogens is 240 g/mol. The molecule has 2 amide bonds. The van der Waals surface area contributed by atoms with Crippen molar-refractivity contribution in [2.24, 2.45) is 5.92 Å². The van der Waals surface area contributed by atoms with E-state index in [2.05, 4.69) is 12.2 Å². The Hall–Kier alpha value is -1.06. The molecule has 1 saturated carbocycles. The van der Waals surface area contributed by atoms with E-state index in [0.717, 1.165) is 31.7 Å². The number of nitrogens with zero attached hydrogens (tertiary/aromatic N) is 1. The van der Waals surface area contributed by atoms with E-state index in [9.17, 15) is 9.59 Å². The van der Waals surface area contributed by atoms with Crippen molar-refractivity contribution in [1.29, 1.82) is 0 Å². The van der Waals surface area contributed by atoms with Crippen molar-refractivity contribution in [2.75, 3.05) is 6.54 Å². The predicted molar refractivity (Wildman–Crippen MR) is 74.6 cm³/mol. The molecule has 2 aliphatic rings. The quantitative estimate of drug-likeness (QED) is 0.800. The Kier molecular flexibility index (Phi) is 4.16. The van der Waals surface area contributed by atoms with Crippen LogP contribution < -0.4 is 5.32 Å². The molecular formula is C15H26N2O2. The summed E-state index contributed by atoms with van der Waals surface area (Å²) in [5.74, 6) is 0.920. The second kappa shape index (κ2) is 5.51. The van der Waals surface area contributed by atoms with Gasteiger partial charge in [-0.3, -0.25) is 9.59 Å². The van der Waals surface area contributed by atoms with Crippen LogP contribution in [0.1, 0.15) is 59.3 Å². The maximum Gasteiger partial charge on any atom is 0.248 e. The zero-order valence-electron chi connectivity index (χ0n) is 12.4. The van der Waals surface area contributed by atoms with Crippen LogP contribution in [-0.4, -0.2) is 34.8 Å². The van der Waals surface area contributed by atoms with Gasteiger partial charge in [-0.05, 0) is 32.1 Å². The normalized spacial score (nSPS) is 31.5. The molecule has 1 aliphatic heterocycles. The number of carbonyl (C=O) groups excluding carboxylic acids is 2. The lowest BCUT2D eigenvalue weighted by Gasteiger charge is -2.44. The molecule has 2 rings (SSSR count). The molecule has 1 heterocycles. The summed E-state index contributed by atoms with van der Waals surface area (Å²) in [5.41, 5.74) is -0.703. The molecule has 2 fully saturated rings. The molecule has 0 aromatic carbocycles. The lowest BCUT2D eigenvalue weighted by molar-refractivity contribution is -0.154. The van der Waals surface area contributed by atoms with Crippen molar-refractivity contribution < 1.29 is 9.59 Å². The summed E-state index contributed by atoms with van der Waals surface area (Å²) >= 11 is 0. The van der Waals surface area contributed by atoms with E-state index in [1.807, 2.05) is 18.7 Å². The van der Waals surface area contributed by atoms with Crippen LogP contribution in [0.3, 0.4) is 0 Å². The lowest BCUT2D eigenvalue weighted by Crippen LogP contribution is -2.69. The van der Waals surface area contributed by atoms with Crippen molar-refractivity contribution in [2.45, 2.75) is 70.9 Å². The van der Waals surface area contributed by atoms with Gasteiger partial charge >= 0.3 is 0 Å². The van der Waals surface area contributed by atoms with Gasteiger partial charge in [-0.1, -0.05) is 33.1 Å². The first-order valence-electron chi connectivity index (χ1n) is 7.65. The highest BCUT2D eigenvalue weighted by atomic mass is 16.2. The Morgan fingerprint density at radius 2 is 1.95 bits per heavy atom. The first-order chi connectivity index (χ1) is 9.01. The Morgan fingerprint density at radius 1 is 1.26 bits per heavy atom. The van der Waals surface area contributed by atoms with Crippen molar-refractivity contribution in [1.82, 2.24) is 10.2 Å². The highest BCUT2D eigenvalue weighted by molar-refractivity contribution is 5.99. The molecule has 0 aromatic rings. The average molecular weight is 266 g/mol. The van der Waals surface area contributed by atoms with Crippen LogP contribution in [0.5, 0.6) is 0 Å². The Balaban J connectivity index is 2.13. The van der Waals surface area contributed by atoms with E-state index in [4.69, 9.17) is 0 Å². The Morgan fingerprint density at radius 3 is 2.47 bits per heavy atom. The largest absolute Gasteiger partial charge is 0.340 e. The molecule has 4 nitrogen and oxygen atoms in total. The van der Waals surface area contributed by atoms with Gasteiger partial charge in [0, 0.05) is 6.54 Å². The molecule has 2 unspecified atom stereocenters. The fraction of sp³-hybridized carbons (Fsp3) is 0.867. The molecule has 2 atom stereocenters. The smallest absolute Gasteiger partial charge is 0.248 e. The van der Waals surface area contributed by atoms with Crippen LogP contribution >= 0.6 is 0 Å². The average Bonchev–Trinajstić information content (AvgIpc) is 3.19. The van der Waals surface area contributed by atoms with Gasteiger partial charge in [-0.15, -0.1) is 0 Å². The van der Waals surface area contributed by atoms with E-state index in [0.29, 0.717) is 6.42 Å². The van der Waals surface area contributed by atoms with E-state index in [-0.39, 0.29) is 17.9 Å². The molecule has 0 bridgehead atoms. The Bertz CT molecular complexity index is 365. The zero-order chi connectivity index (χ0) is 14.0. The van der Waals surface area contributed by atoms with Gasteiger partial charge < -0.3 is 10.2 Å². The number of rotatable bonds is 6. The molecule has 0 radical (unpaired) electrons. The number of amides is 2. The van der Waals surface area contributed by atoms with Crippen molar-refractivity contribution in [3.05, 3.63) is 0 Å². The van der Waals surface area contributed by atoms with Crippen LogP contribution in [0.15, 0.2) is 0 Å². The van der Waals surface area contributed by atoms with Gasteiger partial charge in [-0.25, -0.2) is 0 Å². The lowest BCUT2D eigenvalue weighted by atomic mass is 9.90. The summed E-state index contributed by atoms with van der Waals surface area (Å²) in [6.07, 6.45) is 5.97. The van der Waals surface area contributed by atoms with E-state index < -0.39 is 5.54 Å². The first kappa shape index (κ1) is 14.4. The molecule has 0 aromatic heterocycles. The number of hydrogen-bond acceptors (Lipinski definition) is 2. The van der Waals surface area contributed by atoms with E-state index in [1.54, 1.807) is 0 Å². The van der Waals surface area contributed by atoms with Crippen LogP contribution in [0.2, 0.25) is 0 Å². The van der Waals surface area contributed by atoms with Crippen molar-refractivity contribution >= 4 is 11.8 Å². The van der Waals surface area contributed by atoms with Gasteiger partial charge in [0.25, 0.3) is 0 Å². The van der Waals surface area contributed by atoms with Gasteiger partial charge in [0.05, 0.1) is 0 Å². The van der Waals surface area contributed by atoms with Crippen LogP contribution in [0, 0.1) is 5.92 Å². The molecule has 1 saturated heterocycles. The van der Waals surface area contributed by atoms with Crippen molar-refractivity contribution in [3.63, 3.8) is 0 Å². The van der Waals surface area contributed by atoms with Crippen LogP contribution in [-0.2, 0) is 9.59 Å². The van der Waals surface area contributed by atoms with Crippen LogP contribution in [0.25, 0.3) is 0 Å². The maximum atomic E-state index is 12.7. The zero-order valence-corrected chi connectivity index (χ0v) is 12.4. The highest BCUT2D eigenvalue weighted by Gasteiger charge is 2.46. The van der Waals surface area contributed by atoms with Crippen LogP contribution in [0.4, 0.5) is 0 Å². The number of piperazine rings is 1. The fourth-order valence-corrected chi connectivity index (χ4v) is 2.79. The summed E-state index contributed by atoms with van der Waals surface area (Å²) < 4.78 is 0. The summed E-state index contributed by atoms with van der Waals surface area (Å²) in [4.78, 5) is 26.8. The molecule has 4 heteroatoms. The minimum absolute atomic E-state index is 0.0293. The maximum absolute atomic E-state index is 12.7. The summed E-state index contributed by atoms with van der Waals surface area (Å²) in [7, 11) is 0. The minimum Gasteiger partial charge on any atom is -0.340 e. The van der Waals surface area contributed by atoms with Gasteiger partial charge in [0.15, 0.2) is 0 Å². The second-order valence-corrected chi connectivity index (χ2v) is 6.21. The standard InChI is InChI=1S/C15H26N2O2/c1-4-6-12-13(18)16-15(3,5-2)14(19)17(12)10-9-11-7-8-11/h11-12H,4-10H2,1-3H3,(H,16,18). The third-order valence-corrected chi connectivity index (χ3v) is 4.56. The monoisotopic (exact) mass is 266 g/mol. The first-order valence-corrected chi connectivity index (χ1v) is 7.65. The van der Waals surface area contributed by atoms with E-state index >= 15 is 0 Å². The number of nitrogens with one attached hydrogen (secondary N) is 1. The van der Waals surface area contributed by atoms with E-state index in [1.165, 1.54) is 12.8 Å². The topological polar surface area (TPSA) is 49.4 Å². The SMILES string of the molecule is CCCC1C(=O)NC(C)(CC)C(=O)N1CCC1CC1. The Labute approximate surface area is 115 Å². The minimum atomic E-state index is -0.703. The number of carbonyl (C=O) groups is 2. The second-order valence-electron chi connectivity index (χ2n) is 6.21. The molecule has 19 heavy (non-hydrogen) atoms. The predicted octanol–water partition coefficient (Wildman–Crippen LogP) is 2.08. The third kappa shape index (κ3) is 2.93. The van der Waals surface area contributed by atoms with Crippen molar-refractivity contribution in [3.8, 4) is 0 Å². The van der Waals surface area contributed by atoms with Gasteiger partial charge in [-0.2, -0.15) is 0 Å². The van der Waals surface area contributed by atoms with Gasteiger partial charge in [0.2, 0.25) is 11.8 Å². The summed E-state index contributed by atoms with van der Waals surface area (Å²) in [5, 5.41) is 2.93. The molecule has 0 spiro atoms. The molecule has 108 valence electrons. The van der Waals surface area contributed by atoms with Gasteiger partial charge in [0.1, 0.15) is 11.6 Å². The molecule has 1 N–H and O–H groups in total. The number of hydrogen-bond donors (Lipinski definition) is 1.